The van der Waals surface area contributed by atoms with Gasteiger partial charge in [-0.05, 0) is 12.8 Å². The molecule has 0 aromatic carbocycles. The molecular formula is C10H15N5O2. The lowest BCUT2D eigenvalue weighted by atomic mass is 9.90. The molecule has 1 aromatic rings. The Balaban J connectivity index is 1.65. The molecule has 2 N–H and O–H groups in total. The summed E-state index contributed by atoms with van der Waals surface area (Å²) >= 11 is 0. The minimum absolute atomic E-state index is 0.236. The van der Waals surface area contributed by atoms with Gasteiger partial charge in [0.2, 0.25) is 11.7 Å². The van der Waals surface area contributed by atoms with E-state index < -0.39 is 5.60 Å². The molecule has 7 heteroatoms. The number of aromatic nitrogens is 4. The minimum atomic E-state index is -1.03. The van der Waals surface area contributed by atoms with Crippen LogP contribution in [0, 0.1) is 5.92 Å². The van der Waals surface area contributed by atoms with Crippen molar-refractivity contribution in [3.05, 3.63) is 5.82 Å². The second-order valence-electron chi connectivity index (χ2n) is 4.87. The first-order valence-corrected chi connectivity index (χ1v) is 5.94. The predicted octanol–water partition coefficient (Wildman–Crippen LogP) is -0.580. The number of aliphatic hydroxyl groups is 1. The van der Waals surface area contributed by atoms with E-state index in [2.05, 4.69) is 20.6 Å². The van der Waals surface area contributed by atoms with Crippen molar-refractivity contribution in [2.24, 2.45) is 5.92 Å². The van der Waals surface area contributed by atoms with Crippen LogP contribution >= 0.6 is 0 Å². The average molecular weight is 237 g/mol. The SMILES string of the molecule is O=C(C1CC1)N1CCC(O)(c2nn[nH]n2)CC1. The van der Waals surface area contributed by atoms with Crippen molar-refractivity contribution < 1.29 is 9.90 Å². The van der Waals surface area contributed by atoms with Gasteiger partial charge in [0.15, 0.2) is 0 Å². The second kappa shape index (κ2) is 3.76. The molecule has 2 fully saturated rings. The van der Waals surface area contributed by atoms with Gasteiger partial charge < -0.3 is 10.0 Å². The Hall–Kier alpha value is -1.50. The molecule has 3 rings (SSSR count). The first-order chi connectivity index (χ1) is 8.19. The smallest absolute Gasteiger partial charge is 0.225 e. The summed E-state index contributed by atoms with van der Waals surface area (Å²) in [6, 6.07) is 0. The fraction of sp³-hybridized carbons (Fsp3) is 0.800. The molecule has 92 valence electrons. The second-order valence-corrected chi connectivity index (χ2v) is 4.87. The maximum atomic E-state index is 11.9. The zero-order chi connectivity index (χ0) is 11.9. The molecule has 0 atom stereocenters. The molecule has 1 aromatic heterocycles. The summed E-state index contributed by atoms with van der Waals surface area (Å²) in [7, 11) is 0. The van der Waals surface area contributed by atoms with Crippen molar-refractivity contribution >= 4 is 5.91 Å². The zero-order valence-electron chi connectivity index (χ0n) is 9.46. The number of hydrogen-bond donors (Lipinski definition) is 2. The van der Waals surface area contributed by atoms with Gasteiger partial charge in [0.25, 0.3) is 0 Å². The summed E-state index contributed by atoms with van der Waals surface area (Å²) in [6.45, 7) is 1.14. The molecule has 0 spiro atoms. The van der Waals surface area contributed by atoms with Crippen LogP contribution in [-0.2, 0) is 10.4 Å². The third kappa shape index (κ3) is 1.90. The molecule has 0 radical (unpaired) electrons. The molecular weight excluding hydrogens is 222 g/mol. The van der Waals surface area contributed by atoms with E-state index in [1.54, 1.807) is 0 Å². The van der Waals surface area contributed by atoms with E-state index in [1.165, 1.54) is 0 Å². The molecule has 7 nitrogen and oxygen atoms in total. The van der Waals surface area contributed by atoms with Crippen LogP contribution < -0.4 is 0 Å². The van der Waals surface area contributed by atoms with Crippen LogP contribution in [0.2, 0.25) is 0 Å². The standard InChI is InChI=1S/C10H15N5O2/c16-8(7-1-2-7)15-5-3-10(17,4-6-15)9-11-13-14-12-9/h7,17H,1-6H2,(H,11,12,13,14). The van der Waals surface area contributed by atoms with Crippen LogP contribution in [0.25, 0.3) is 0 Å². The average Bonchev–Trinajstić information content (AvgIpc) is 3.03. The summed E-state index contributed by atoms with van der Waals surface area (Å²) < 4.78 is 0. The number of carbonyl (C=O) groups excluding carboxylic acids is 1. The van der Waals surface area contributed by atoms with E-state index in [4.69, 9.17) is 0 Å². The number of carbonyl (C=O) groups is 1. The lowest BCUT2D eigenvalue weighted by Crippen LogP contribution is -2.46. The topological polar surface area (TPSA) is 95.0 Å². The van der Waals surface area contributed by atoms with Gasteiger partial charge >= 0.3 is 0 Å². The van der Waals surface area contributed by atoms with E-state index in [9.17, 15) is 9.90 Å². The first kappa shape index (κ1) is 10.6. The van der Waals surface area contributed by atoms with Crippen LogP contribution in [0.5, 0.6) is 0 Å². The van der Waals surface area contributed by atoms with Crippen molar-refractivity contribution in [3.8, 4) is 0 Å². The van der Waals surface area contributed by atoms with E-state index in [-0.39, 0.29) is 11.8 Å². The lowest BCUT2D eigenvalue weighted by Gasteiger charge is -2.36. The number of aromatic amines is 1. The number of amides is 1. The van der Waals surface area contributed by atoms with Gasteiger partial charge in [-0.2, -0.15) is 5.21 Å². The molecule has 1 amide bonds. The quantitative estimate of drug-likeness (QED) is 0.717. The number of nitrogens with zero attached hydrogens (tertiary/aromatic N) is 4. The van der Waals surface area contributed by atoms with E-state index >= 15 is 0 Å². The minimum Gasteiger partial charge on any atom is -0.382 e. The first-order valence-electron chi connectivity index (χ1n) is 5.94. The van der Waals surface area contributed by atoms with Crippen molar-refractivity contribution in [1.82, 2.24) is 25.5 Å². The fourth-order valence-corrected chi connectivity index (χ4v) is 2.27. The van der Waals surface area contributed by atoms with Gasteiger partial charge in [-0.15, -0.1) is 10.2 Å². The fourth-order valence-electron chi connectivity index (χ4n) is 2.27. The molecule has 2 heterocycles. The molecule has 1 aliphatic heterocycles. The Morgan fingerprint density at radius 2 is 2.12 bits per heavy atom. The number of H-pyrrole nitrogens is 1. The number of piperidine rings is 1. The summed E-state index contributed by atoms with van der Waals surface area (Å²) in [5.41, 5.74) is -1.03. The summed E-state index contributed by atoms with van der Waals surface area (Å²) in [6.07, 6.45) is 2.99. The maximum Gasteiger partial charge on any atom is 0.225 e. The molecule has 17 heavy (non-hydrogen) atoms. The van der Waals surface area contributed by atoms with E-state index in [0.29, 0.717) is 31.8 Å². The Morgan fingerprint density at radius 1 is 1.41 bits per heavy atom. The molecule has 1 aliphatic carbocycles. The summed E-state index contributed by atoms with van der Waals surface area (Å²) in [5.74, 6) is 0.808. The highest BCUT2D eigenvalue weighted by Crippen LogP contribution is 2.35. The van der Waals surface area contributed by atoms with E-state index in [0.717, 1.165) is 12.8 Å². The van der Waals surface area contributed by atoms with Crippen LogP contribution in [-0.4, -0.2) is 49.6 Å². The molecule has 0 bridgehead atoms. The number of likely N-dealkylation sites (tertiary alicyclic amines) is 1. The van der Waals surface area contributed by atoms with Gasteiger partial charge in [-0.1, -0.05) is 5.21 Å². The number of rotatable bonds is 2. The van der Waals surface area contributed by atoms with Crippen molar-refractivity contribution in [2.45, 2.75) is 31.3 Å². The normalized spacial score (nSPS) is 23.7. The van der Waals surface area contributed by atoms with Gasteiger partial charge in [-0.25, -0.2) is 0 Å². The highest BCUT2D eigenvalue weighted by molar-refractivity contribution is 5.81. The highest BCUT2D eigenvalue weighted by atomic mass is 16.3. The third-order valence-electron chi connectivity index (χ3n) is 3.59. The van der Waals surface area contributed by atoms with Crippen LogP contribution in [0.3, 0.4) is 0 Å². The van der Waals surface area contributed by atoms with Gasteiger partial charge in [0.1, 0.15) is 5.60 Å². The summed E-state index contributed by atoms with van der Waals surface area (Å²) in [5, 5.41) is 23.8. The molecule has 1 saturated carbocycles. The van der Waals surface area contributed by atoms with Gasteiger partial charge in [-0.3, -0.25) is 4.79 Å². The zero-order valence-corrected chi connectivity index (χ0v) is 9.46. The van der Waals surface area contributed by atoms with Crippen LogP contribution in [0.15, 0.2) is 0 Å². The Labute approximate surface area is 98.2 Å². The predicted molar refractivity (Wildman–Crippen MR) is 56.6 cm³/mol. The van der Waals surface area contributed by atoms with Crippen molar-refractivity contribution in [3.63, 3.8) is 0 Å². The molecule has 2 aliphatic rings. The van der Waals surface area contributed by atoms with Crippen molar-refractivity contribution in [1.29, 1.82) is 0 Å². The largest absolute Gasteiger partial charge is 0.382 e. The van der Waals surface area contributed by atoms with Gasteiger partial charge in [0, 0.05) is 31.8 Å². The van der Waals surface area contributed by atoms with E-state index in [1.807, 2.05) is 4.90 Å². The van der Waals surface area contributed by atoms with Crippen LogP contribution in [0.4, 0.5) is 0 Å². The highest BCUT2D eigenvalue weighted by Gasteiger charge is 2.41. The number of hydrogen-bond acceptors (Lipinski definition) is 5. The molecule has 0 unspecified atom stereocenters. The van der Waals surface area contributed by atoms with Crippen molar-refractivity contribution in [2.75, 3.05) is 13.1 Å². The van der Waals surface area contributed by atoms with Crippen LogP contribution in [0.1, 0.15) is 31.5 Å². The Bertz CT molecular complexity index is 406. The lowest BCUT2D eigenvalue weighted by molar-refractivity contribution is -0.137. The maximum absolute atomic E-state index is 11.9. The Kier molecular flexibility index (Phi) is 2.36. The third-order valence-corrected chi connectivity index (χ3v) is 3.59. The number of nitrogens with one attached hydrogen (secondary N) is 1. The molecule has 1 saturated heterocycles. The number of tetrazole rings is 1. The van der Waals surface area contributed by atoms with Gasteiger partial charge in [0.05, 0.1) is 0 Å². The Morgan fingerprint density at radius 3 is 2.65 bits per heavy atom. The summed E-state index contributed by atoms with van der Waals surface area (Å²) in [4.78, 5) is 13.7. The monoisotopic (exact) mass is 237 g/mol.